The molecule has 0 aliphatic heterocycles. The Bertz CT molecular complexity index is 161. The second-order valence-corrected chi connectivity index (χ2v) is 2.64. The lowest BCUT2D eigenvalue weighted by Crippen LogP contribution is -2.44. The summed E-state index contributed by atoms with van der Waals surface area (Å²) < 4.78 is 0. The van der Waals surface area contributed by atoms with E-state index in [1.807, 2.05) is 0 Å². The van der Waals surface area contributed by atoms with Gasteiger partial charge in [-0.15, -0.1) is 0 Å². The minimum atomic E-state index is -0.430. The highest BCUT2D eigenvalue weighted by Crippen LogP contribution is 1.89. The van der Waals surface area contributed by atoms with Gasteiger partial charge in [0.05, 0.1) is 12.6 Å². The molecule has 1 unspecified atom stereocenters. The number of amides is 1. The molecule has 3 N–H and O–H groups in total. The second kappa shape index (κ2) is 5.68. The minimum absolute atomic E-state index is 0.102. The molecule has 12 heavy (non-hydrogen) atoms. The van der Waals surface area contributed by atoms with Gasteiger partial charge in [0.25, 0.3) is 0 Å². The molecule has 5 heteroatoms. The Balaban J connectivity index is 3.92. The zero-order valence-electron chi connectivity index (χ0n) is 7.41. The fraction of sp³-hybridized carbons (Fsp3) is 0.714. The monoisotopic (exact) mass is 173 g/mol. The van der Waals surface area contributed by atoms with Crippen LogP contribution >= 0.6 is 0 Å². The van der Waals surface area contributed by atoms with E-state index in [4.69, 9.17) is 5.73 Å². The first kappa shape index (κ1) is 11.1. The van der Waals surface area contributed by atoms with Crippen LogP contribution in [0.5, 0.6) is 0 Å². The number of nitrogens with two attached hydrogens (primary N) is 1. The summed E-state index contributed by atoms with van der Waals surface area (Å²) in [4.78, 5) is 22.6. The lowest BCUT2D eigenvalue weighted by atomic mass is 10.3. The summed E-state index contributed by atoms with van der Waals surface area (Å²) >= 11 is 0. The largest absolute Gasteiger partial charge is 0.369 e. The molecule has 0 aromatic heterocycles. The van der Waals surface area contributed by atoms with Gasteiger partial charge in [0.15, 0.2) is 0 Å². The average molecular weight is 173 g/mol. The number of carbonyl (C=O) groups is 2. The van der Waals surface area contributed by atoms with Gasteiger partial charge in [0.2, 0.25) is 5.91 Å². The van der Waals surface area contributed by atoms with Crippen molar-refractivity contribution in [3.8, 4) is 0 Å². The van der Waals surface area contributed by atoms with Crippen LogP contribution in [0.2, 0.25) is 0 Å². The minimum Gasteiger partial charge on any atom is -0.369 e. The number of primary amides is 1. The smallest absolute Gasteiger partial charge is 0.231 e. The first-order valence-electron chi connectivity index (χ1n) is 3.70. The van der Waals surface area contributed by atoms with Crippen molar-refractivity contribution in [3.63, 3.8) is 0 Å². The second-order valence-electron chi connectivity index (χ2n) is 2.64. The van der Waals surface area contributed by atoms with Gasteiger partial charge in [0, 0.05) is 6.54 Å². The van der Waals surface area contributed by atoms with Crippen LogP contribution in [0.15, 0.2) is 0 Å². The Morgan fingerprint density at radius 3 is 2.67 bits per heavy atom. The molecule has 0 spiro atoms. The predicted molar refractivity (Wildman–Crippen MR) is 45.6 cm³/mol. The normalized spacial score (nSPS) is 12.9. The molecular weight excluding hydrogens is 158 g/mol. The fourth-order valence-electron chi connectivity index (χ4n) is 0.880. The molecule has 0 rings (SSSR count). The van der Waals surface area contributed by atoms with E-state index in [0.29, 0.717) is 6.54 Å². The molecule has 1 amide bonds. The summed E-state index contributed by atoms with van der Waals surface area (Å²) in [5, 5.41) is 2.85. The molecule has 5 nitrogen and oxygen atoms in total. The molecule has 0 saturated heterocycles. The standard InChI is InChI=1S/C7H15N3O2/c1-9-3-6(5-11)10(2)4-7(8)12/h5-6,9H,3-4H2,1-2H3,(H2,8,12). The maximum atomic E-state index is 10.5. The molecule has 0 heterocycles. The van der Waals surface area contributed by atoms with Gasteiger partial charge in [-0.05, 0) is 14.1 Å². The van der Waals surface area contributed by atoms with E-state index >= 15 is 0 Å². The maximum absolute atomic E-state index is 10.5. The van der Waals surface area contributed by atoms with Crippen molar-refractivity contribution in [1.29, 1.82) is 0 Å². The van der Waals surface area contributed by atoms with Gasteiger partial charge in [-0.3, -0.25) is 9.69 Å². The highest BCUT2D eigenvalue weighted by atomic mass is 16.1. The first-order chi connectivity index (χ1) is 5.61. The Hall–Kier alpha value is -0.940. The van der Waals surface area contributed by atoms with Crippen molar-refractivity contribution in [2.45, 2.75) is 6.04 Å². The predicted octanol–water partition coefficient (Wildman–Crippen LogP) is -1.81. The van der Waals surface area contributed by atoms with Crippen LogP contribution in [0.1, 0.15) is 0 Å². The Kier molecular flexibility index (Phi) is 5.23. The van der Waals surface area contributed by atoms with Gasteiger partial charge in [-0.2, -0.15) is 0 Å². The van der Waals surface area contributed by atoms with Crippen molar-refractivity contribution in [1.82, 2.24) is 10.2 Å². The number of rotatable bonds is 6. The highest BCUT2D eigenvalue weighted by molar-refractivity contribution is 5.76. The molecular formula is C7H15N3O2. The van der Waals surface area contributed by atoms with Crippen LogP contribution < -0.4 is 11.1 Å². The van der Waals surface area contributed by atoms with E-state index in [9.17, 15) is 9.59 Å². The van der Waals surface area contributed by atoms with Gasteiger partial charge < -0.3 is 15.8 Å². The third-order valence-corrected chi connectivity index (χ3v) is 1.54. The molecule has 0 aromatic carbocycles. The fourth-order valence-corrected chi connectivity index (χ4v) is 0.880. The topological polar surface area (TPSA) is 75.4 Å². The van der Waals surface area contributed by atoms with E-state index < -0.39 is 5.91 Å². The van der Waals surface area contributed by atoms with Gasteiger partial charge >= 0.3 is 0 Å². The van der Waals surface area contributed by atoms with Crippen LogP contribution in [-0.2, 0) is 9.59 Å². The number of likely N-dealkylation sites (N-methyl/N-ethyl adjacent to an activating group) is 2. The number of aldehydes is 1. The van der Waals surface area contributed by atoms with E-state index in [1.165, 1.54) is 0 Å². The molecule has 1 atom stereocenters. The number of carbonyl (C=O) groups excluding carboxylic acids is 2. The van der Waals surface area contributed by atoms with E-state index in [2.05, 4.69) is 5.32 Å². The Morgan fingerprint density at radius 1 is 1.75 bits per heavy atom. The van der Waals surface area contributed by atoms with Crippen molar-refractivity contribution in [3.05, 3.63) is 0 Å². The highest BCUT2D eigenvalue weighted by Gasteiger charge is 2.13. The van der Waals surface area contributed by atoms with E-state index in [1.54, 1.807) is 19.0 Å². The summed E-state index contributed by atoms with van der Waals surface area (Å²) in [6, 6.07) is -0.289. The number of hydrogen-bond donors (Lipinski definition) is 2. The summed E-state index contributed by atoms with van der Waals surface area (Å²) in [6.07, 6.45) is 0.791. The van der Waals surface area contributed by atoms with E-state index in [0.717, 1.165) is 6.29 Å². The van der Waals surface area contributed by atoms with Crippen molar-refractivity contribution < 1.29 is 9.59 Å². The first-order valence-corrected chi connectivity index (χ1v) is 3.70. The Labute approximate surface area is 71.9 Å². The summed E-state index contributed by atoms with van der Waals surface area (Å²) in [5.74, 6) is -0.430. The number of hydrogen-bond acceptors (Lipinski definition) is 4. The third kappa shape index (κ3) is 4.05. The van der Waals surface area contributed by atoms with Crippen molar-refractivity contribution in [2.24, 2.45) is 5.73 Å². The molecule has 0 aliphatic rings. The molecule has 0 bridgehead atoms. The van der Waals surface area contributed by atoms with Crippen molar-refractivity contribution >= 4 is 12.2 Å². The third-order valence-electron chi connectivity index (χ3n) is 1.54. The van der Waals surface area contributed by atoms with Crippen LogP contribution in [0.25, 0.3) is 0 Å². The van der Waals surface area contributed by atoms with Crippen LogP contribution in [0.3, 0.4) is 0 Å². The van der Waals surface area contributed by atoms with Gasteiger partial charge in [0.1, 0.15) is 6.29 Å². The summed E-state index contributed by atoms with van der Waals surface area (Å²) in [6.45, 7) is 0.623. The van der Waals surface area contributed by atoms with Crippen LogP contribution in [0.4, 0.5) is 0 Å². The SMILES string of the molecule is CNCC(C=O)N(C)CC(N)=O. The zero-order valence-corrected chi connectivity index (χ0v) is 7.41. The lowest BCUT2D eigenvalue weighted by Gasteiger charge is -2.21. The zero-order chi connectivity index (χ0) is 9.56. The summed E-state index contributed by atoms with van der Waals surface area (Å²) in [5.41, 5.74) is 4.97. The number of nitrogens with zero attached hydrogens (tertiary/aromatic N) is 1. The lowest BCUT2D eigenvalue weighted by molar-refractivity contribution is -0.120. The van der Waals surface area contributed by atoms with Crippen molar-refractivity contribution in [2.75, 3.05) is 27.2 Å². The summed E-state index contributed by atoms with van der Waals surface area (Å²) in [7, 11) is 3.43. The number of nitrogens with one attached hydrogen (secondary N) is 1. The van der Waals surface area contributed by atoms with Crippen LogP contribution in [-0.4, -0.2) is 50.3 Å². The van der Waals surface area contributed by atoms with Crippen LogP contribution in [0, 0.1) is 0 Å². The van der Waals surface area contributed by atoms with Gasteiger partial charge in [-0.1, -0.05) is 0 Å². The molecule has 0 saturated carbocycles. The average Bonchev–Trinajstić information content (AvgIpc) is 1.98. The Morgan fingerprint density at radius 2 is 2.33 bits per heavy atom. The molecule has 70 valence electrons. The maximum Gasteiger partial charge on any atom is 0.231 e. The van der Waals surface area contributed by atoms with Gasteiger partial charge in [-0.25, -0.2) is 0 Å². The van der Waals surface area contributed by atoms with E-state index in [-0.39, 0.29) is 12.6 Å². The molecule has 0 aromatic rings. The molecule has 0 aliphatic carbocycles. The quantitative estimate of drug-likeness (QED) is 0.464. The molecule has 0 fully saturated rings. The molecule has 0 radical (unpaired) electrons.